The monoisotopic (exact) mass is 245 g/mol. The minimum atomic E-state index is -0.628. The van der Waals surface area contributed by atoms with E-state index in [1.807, 2.05) is 0 Å². The van der Waals surface area contributed by atoms with E-state index in [2.05, 4.69) is 12.2 Å². The van der Waals surface area contributed by atoms with Crippen molar-refractivity contribution in [2.75, 3.05) is 26.3 Å². The zero-order valence-corrected chi connectivity index (χ0v) is 11.2. The van der Waals surface area contributed by atoms with Crippen molar-refractivity contribution in [3.8, 4) is 0 Å². The first kappa shape index (κ1) is 16.9. The Labute approximate surface area is 106 Å². The van der Waals surface area contributed by atoms with Crippen LogP contribution in [0.5, 0.6) is 0 Å². The second-order valence-corrected chi connectivity index (χ2v) is 4.36. The average Bonchev–Trinajstić information content (AvgIpc) is 2.33. The molecule has 0 aliphatic carbocycles. The zero-order chi connectivity index (χ0) is 12.8. The third kappa shape index (κ3) is 13.8. The number of rotatable bonds is 13. The molecule has 0 unspecified atom stereocenters. The van der Waals surface area contributed by atoms with Gasteiger partial charge < -0.3 is 20.1 Å². The Morgan fingerprint density at radius 3 is 2.47 bits per heavy atom. The number of aliphatic hydroxyl groups excluding tert-OH is 1. The zero-order valence-electron chi connectivity index (χ0n) is 11.2. The van der Waals surface area contributed by atoms with Crippen LogP contribution >= 0.6 is 0 Å². The molecule has 0 rings (SSSR count). The molecule has 0 heterocycles. The Morgan fingerprint density at radius 1 is 1.06 bits per heavy atom. The second kappa shape index (κ2) is 14.0. The third-order valence-corrected chi connectivity index (χ3v) is 2.68. The van der Waals surface area contributed by atoms with E-state index in [-0.39, 0.29) is 6.61 Å². The maximum absolute atomic E-state index is 9.51. The van der Waals surface area contributed by atoms with E-state index in [0.29, 0.717) is 19.7 Å². The first-order valence-corrected chi connectivity index (χ1v) is 6.92. The first-order valence-electron chi connectivity index (χ1n) is 6.92. The molecule has 0 atom stereocenters. The molecule has 0 fully saturated rings. The fourth-order valence-corrected chi connectivity index (χ4v) is 1.65. The molecule has 3 N–H and O–H groups in total. The minimum absolute atomic E-state index is 0.139. The van der Waals surface area contributed by atoms with E-state index in [4.69, 9.17) is 9.76 Å². The molecule has 0 saturated heterocycles. The van der Waals surface area contributed by atoms with E-state index in [1.54, 1.807) is 0 Å². The summed E-state index contributed by atoms with van der Waals surface area (Å²) in [6.07, 6.45) is 8.10. The summed E-state index contributed by atoms with van der Waals surface area (Å²) in [5.41, 5.74) is 0. The molecule has 0 aromatic heterocycles. The molecule has 0 spiro atoms. The van der Waals surface area contributed by atoms with Gasteiger partial charge in [-0.2, -0.15) is 0 Å². The van der Waals surface area contributed by atoms with Crippen LogP contribution in [-0.2, 0) is 4.65 Å². The predicted molar refractivity (Wildman–Crippen MR) is 72.1 cm³/mol. The van der Waals surface area contributed by atoms with Crippen LogP contribution in [0.3, 0.4) is 0 Å². The van der Waals surface area contributed by atoms with Crippen LogP contribution in [0.15, 0.2) is 0 Å². The lowest BCUT2D eigenvalue weighted by Gasteiger charge is -2.08. The van der Waals surface area contributed by atoms with Crippen LogP contribution < -0.4 is 5.32 Å². The SMILES string of the molecule is CCCCCCCCB(O)OCCNCCO. The molecule has 0 aromatic rings. The Kier molecular flexibility index (Phi) is 13.9. The largest absolute Gasteiger partial charge is 0.454 e. The van der Waals surface area contributed by atoms with Crippen molar-refractivity contribution >= 4 is 7.12 Å². The maximum atomic E-state index is 9.51. The Bertz CT molecular complexity index is 150. The summed E-state index contributed by atoms with van der Waals surface area (Å²) in [4.78, 5) is 0. The van der Waals surface area contributed by atoms with E-state index in [0.717, 1.165) is 12.7 Å². The number of aliphatic hydroxyl groups is 1. The van der Waals surface area contributed by atoms with Crippen LogP contribution in [0.4, 0.5) is 0 Å². The fourth-order valence-electron chi connectivity index (χ4n) is 1.65. The van der Waals surface area contributed by atoms with Crippen molar-refractivity contribution in [2.24, 2.45) is 0 Å². The van der Waals surface area contributed by atoms with Gasteiger partial charge >= 0.3 is 7.12 Å². The quantitative estimate of drug-likeness (QED) is 0.339. The van der Waals surface area contributed by atoms with Crippen LogP contribution in [0, 0.1) is 0 Å². The highest BCUT2D eigenvalue weighted by Crippen LogP contribution is 2.08. The van der Waals surface area contributed by atoms with Gasteiger partial charge in [-0.3, -0.25) is 0 Å². The molecule has 17 heavy (non-hydrogen) atoms. The Balaban J connectivity index is 3.09. The normalized spacial score (nSPS) is 10.8. The lowest BCUT2D eigenvalue weighted by atomic mass is 9.82. The molecule has 0 aliphatic rings. The highest BCUT2D eigenvalue weighted by atomic mass is 16.5. The lowest BCUT2D eigenvalue weighted by Crippen LogP contribution is -2.27. The topological polar surface area (TPSA) is 61.7 Å². The number of hydrogen-bond acceptors (Lipinski definition) is 4. The molecular formula is C12H28BNO3. The van der Waals surface area contributed by atoms with Crippen molar-refractivity contribution in [3.63, 3.8) is 0 Å². The van der Waals surface area contributed by atoms with Crippen molar-refractivity contribution in [1.29, 1.82) is 0 Å². The van der Waals surface area contributed by atoms with Gasteiger partial charge in [0, 0.05) is 19.7 Å². The molecule has 0 saturated carbocycles. The summed E-state index contributed by atoms with van der Waals surface area (Å²) < 4.78 is 5.23. The van der Waals surface area contributed by atoms with Crippen molar-refractivity contribution < 1.29 is 14.8 Å². The van der Waals surface area contributed by atoms with Crippen LogP contribution in [0.1, 0.15) is 45.4 Å². The molecule has 102 valence electrons. The van der Waals surface area contributed by atoms with Crippen molar-refractivity contribution in [2.45, 2.75) is 51.8 Å². The average molecular weight is 245 g/mol. The van der Waals surface area contributed by atoms with Gasteiger partial charge in [0.25, 0.3) is 0 Å². The molecule has 0 aromatic carbocycles. The molecule has 5 heteroatoms. The van der Waals surface area contributed by atoms with Gasteiger partial charge in [-0.05, 0) is 6.32 Å². The van der Waals surface area contributed by atoms with Crippen LogP contribution in [-0.4, -0.2) is 43.6 Å². The number of hydrogen-bond donors (Lipinski definition) is 3. The van der Waals surface area contributed by atoms with Gasteiger partial charge in [-0.15, -0.1) is 0 Å². The molecular weight excluding hydrogens is 217 g/mol. The minimum Gasteiger partial charge on any atom is -0.427 e. The number of unbranched alkanes of at least 4 members (excludes halogenated alkanes) is 5. The standard InChI is InChI=1S/C12H28BNO3/c1-2-3-4-5-6-7-8-13(16)17-12-10-14-9-11-15/h14-16H,2-12H2,1H3. The highest BCUT2D eigenvalue weighted by Gasteiger charge is 2.11. The number of nitrogens with one attached hydrogen (secondary N) is 1. The van der Waals surface area contributed by atoms with Gasteiger partial charge in [0.1, 0.15) is 0 Å². The van der Waals surface area contributed by atoms with Gasteiger partial charge in [-0.1, -0.05) is 45.4 Å². The van der Waals surface area contributed by atoms with Gasteiger partial charge in [-0.25, -0.2) is 0 Å². The predicted octanol–water partition coefficient (Wildman–Crippen LogP) is 1.43. The van der Waals surface area contributed by atoms with E-state index in [9.17, 15) is 5.02 Å². The Morgan fingerprint density at radius 2 is 1.76 bits per heavy atom. The van der Waals surface area contributed by atoms with Crippen molar-refractivity contribution in [3.05, 3.63) is 0 Å². The van der Waals surface area contributed by atoms with E-state index < -0.39 is 7.12 Å². The van der Waals surface area contributed by atoms with E-state index in [1.165, 1.54) is 32.1 Å². The molecule has 0 amide bonds. The fraction of sp³-hybridized carbons (Fsp3) is 1.00. The summed E-state index contributed by atoms with van der Waals surface area (Å²) in [7, 11) is -0.628. The lowest BCUT2D eigenvalue weighted by molar-refractivity contribution is 0.247. The van der Waals surface area contributed by atoms with Crippen LogP contribution in [0.25, 0.3) is 0 Å². The van der Waals surface area contributed by atoms with Gasteiger partial charge in [0.15, 0.2) is 0 Å². The molecule has 0 bridgehead atoms. The van der Waals surface area contributed by atoms with Crippen LogP contribution in [0.2, 0.25) is 6.32 Å². The van der Waals surface area contributed by atoms with Crippen molar-refractivity contribution in [1.82, 2.24) is 5.32 Å². The Hall–Kier alpha value is -0.0951. The summed E-state index contributed by atoms with van der Waals surface area (Å²) in [5, 5.41) is 21.0. The van der Waals surface area contributed by atoms with E-state index >= 15 is 0 Å². The highest BCUT2D eigenvalue weighted by molar-refractivity contribution is 6.42. The summed E-state index contributed by atoms with van der Waals surface area (Å²) in [5.74, 6) is 0. The molecule has 4 nitrogen and oxygen atoms in total. The third-order valence-electron chi connectivity index (χ3n) is 2.68. The van der Waals surface area contributed by atoms with Gasteiger partial charge in [0.2, 0.25) is 0 Å². The maximum Gasteiger partial charge on any atom is 0.454 e. The molecule has 0 radical (unpaired) electrons. The molecule has 0 aliphatic heterocycles. The summed E-state index contributed by atoms with van der Waals surface area (Å²) in [6.45, 7) is 4.10. The second-order valence-electron chi connectivity index (χ2n) is 4.36. The summed E-state index contributed by atoms with van der Waals surface area (Å²) >= 11 is 0. The smallest absolute Gasteiger partial charge is 0.427 e. The first-order chi connectivity index (χ1) is 8.31. The summed E-state index contributed by atoms with van der Waals surface area (Å²) in [6, 6.07) is 0. The van der Waals surface area contributed by atoms with Gasteiger partial charge in [0.05, 0.1) is 6.61 Å².